The predicted molar refractivity (Wildman–Crippen MR) is 72.4 cm³/mol. The topological polar surface area (TPSA) is 3.88 Å². The molecule has 16 heavy (non-hydrogen) atoms. The van der Waals surface area contributed by atoms with Gasteiger partial charge < -0.3 is 24.0 Å². The van der Waals surface area contributed by atoms with Crippen LogP contribution >= 0.6 is 22.6 Å². The molecule has 0 spiro atoms. The number of aromatic nitrogens is 1. The van der Waals surface area contributed by atoms with E-state index >= 15 is 0 Å². The van der Waals surface area contributed by atoms with Crippen molar-refractivity contribution in [2.45, 2.75) is 19.9 Å². The fraction of sp³-hybridized carbons (Fsp3) is 0.308. The molecule has 86 valence electrons. The number of alkyl halides is 1. The molecule has 0 aliphatic heterocycles. The van der Waals surface area contributed by atoms with Crippen molar-refractivity contribution in [1.82, 2.24) is 0 Å². The highest BCUT2D eigenvalue weighted by Crippen LogP contribution is 2.13. The molecule has 0 aliphatic rings. The Kier molecular flexibility index (Phi) is 5.96. The zero-order valence-electron chi connectivity index (χ0n) is 9.29. The zero-order chi connectivity index (χ0) is 10.7. The van der Waals surface area contributed by atoms with Gasteiger partial charge in [-0.15, -0.1) is 0 Å². The fourth-order valence-corrected chi connectivity index (χ4v) is 2.20. The molecule has 0 saturated carbocycles. The van der Waals surface area contributed by atoms with Crippen molar-refractivity contribution < 1.29 is 28.5 Å². The number of hydrogen-bond donors (Lipinski definition) is 0. The van der Waals surface area contributed by atoms with Gasteiger partial charge in [-0.1, -0.05) is 34.7 Å². The van der Waals surface area contributed by atoms with Crippen LogP contribution in [0.4, 0.5) is 0 Å². The maximum Gasteiger partial charge on any atom is 0.212 e. The molecular formula is C13H15I2N. The van der Waals surface area contributed by atoms with E-state index in [0.717, 1.165) is 6.54 Å². The van der Waals surface area contributed by atoms with Crippen molar-refractivity contribution in [3.05, 3.63) is 42.1 Å². The molecule has 0 atom stereocenters. The van der Waals surface area contributed by atoms with E-state index in [0.29, 0.717) is 0 Å². The Labute approximate surface area is 127 Å². The van der Waals surface area contributed by atoms with Crippen LogP contribution in [0.2, 0.25) is 0 Å². The highest BCUT2D eigenvalue weighted by Gasteiger charge is 2.08. The van der Waals surface area contributed by atoms with Gasteiger partial charge in [0.1, 0.15) is 6.54 Å². The molecule has 0 amide bonds. The third-order valence-electron chi connectivity index (χ3n) is 2.68. The van der Waals surface area contributed by atoms with Gasteiger partial charge in [0.2, 0.25) is 5.52 Å². The molecule has 1 nitrogen and oxygen atoms in total. The normalized spacial score (nSPS) is 10.1. The number of hydrogen-bond acceptors (Lipinski definition) is 0. The van der Waals surface area contributed by atoms with Gasteiger partial charge in [0.15, 0.2) is 6.20 Å². The fourth-order valence-electron chi connectivity index (χ4n) is 1.85. The van der Waals surface area contributed by atoms with Gasteiger partial charge in [0.05, 0.1) is 0 Å². The third-order valence-corrected chi connectivity index (χ3v) is 3.44. The second kappa shape index (κ2) is 6.74. The highest BCUT2D eigenvalue weighted by atomic mass is 127. The van der Waals surface area contributed by atoms with Crippen molar-refractivity contribution in [1.29, 1.82) is 0 Å². The smallest absolute Gasteiger partial charge is 0.212 e. The van der Waals surface area contributed by atoms with Crippen LogP contribution < -0.4 is 28.5 Å². The average Bonchev–Trinajstić information content (AvgIpc) is 2.29. The van der Waals surface area contributed by atoms with Crippen molar-refractivity contribution in [2.24, 2.45) is 0 Å². The number of para-hydroxylation sites is 1. The summed E-state index contributed by atoms with van der Waals surface area (Å²) in [6.07, 6.45) is 3.43. The first-order chi connectivity index (χ1) is 7.33. The number of pyridine rings is 1. The molecule has 0 radical (unpaired) electrons. The quantitative estimate of drug-likeness (QED) is 0.368. The number of benzene rings is 1. The lowest BCUT2D eigenvalue weighted by Crippen LogP contribution is -3.00. The van der Waals surface area contributed by atoms with Gasteiger partial charge in [0.25, 0.3) is 0 Å². The van der Waals surface area contributed by atoms with Crippen LogP contribution in [0.3, 0.4) is 0 Å². The summed E-state index contributed by atoms with van der Waals surface area (Å²) in [7, 11) is 0. The Morgan fingerprint density at radius 2 is 1.94 bits per heavy atom. The first-order valence-electron chi connectivity index (χ1n) is 5.26. The van der Waals surface area contributed by atoms with Crippen LogP contribution in [0.15, 0.2) is 36.5 Å². The van der Waals surface area contributed by atoms with Gasteiger partial charge in [-0.2, -0.15) is 4.57 Å². The molecular weight excluding hydrogens is 424 g/mol. The van der Waals surface area contributed by atoms with Crippen LogP contribution in [0, 0.1) is 6.92 Å². The summed E-state index contributed by atoms with van der Waals surface area (Å²) in [5.74, 6) is 0. The molecule has 0 bridgehead atoms. The summed E-state index contributed by atoms with van der Waals surface area (Å²) in [5.41, 5.74) is 2.71. The number of fused-ring (bicyclic) bond motifs is 1. The van der Waals surface area contributed by atoms with E-state index in [2.05, 4.69) is 70.6 Å². The van der Waals surface area contributed by atoms with Crippen molar-refractivity contribution in [2.75, 3.05) is 4.43 Å². The standard InChI is InChI=1S/C13H15IN.HI/c1-11-7-10-15(9-4-8-14)13-6-3-2-5-12(11)13;/h2-3,5-7,10H,4,8-9H2,1H3;1H/q+1;/p-1. The van der Waals surface area contributed by atoms with E-state index < -0.39 is 0 Å². The molecule has 2 rings (SSSR count). The van der Waals surface area contributed by atoms with Crippen LogP contribution in [-0.4, -0.2) is 4.43 Å². The minimum absolute atomic E-state index is 0. The number of nitrogens with zero attached hydrogens (tertiary/aromatic N) is 1. The number of aryl methyl sites for hydroxylation is 2. The maximum absolute atomic E-state index is 2.43. The first-order valence-corrected chi connectivity index (χ1v) is 6.79. The Hall–Kier alpha value is 0.0900. The number of rotatable bonds is 3. The molecule has 1 aromatic heterocycles. The molecule has 2 aromatic rings. The largest absolute Gasteiger partial charge is 1.00 e. The Bertz CT molecular complexity index is 468. The lowest BCUT2D eigenvalue weighted by Gasteiger charge is -2.02. The highest BCUT2D eigenvalue weighted by molar-refractivity contribution is 14.1. The molecule has 3 heteroatoms. The number of halogens is 2. The summed E-state index contributed by atoms with van der Waals surface area (Å²) in [6.45, 7) is 3.29. The second-order valence-electron chi connectivity index (χ2n) is 3.75. The first kappa shape index (κ1) is 14.2. The minimum Gasteiger partial charge on any atom is -1.00 e. The van der Waals surface area contributed by atoms with Gasteiger partial charge in [-0.05, 0) is 18.6 Å². The van der Waals surface area contributed by atoms with Crippen molar-refractivity contribution in [3.8, 4) is 0 Å². The molecule has 0 fully saturated rings. The van der Waals surface area contributed by atoms with Crippen LogP contribution in [-0.2, 0) is 6.54 Å². The van der Waals surface area contributed by atoms with E-state index in [9.17, 15) is 0 Å². The van der Waals surface area contributed by atoms with Crippen LogP contribution in [0.25, 0.3) is 10.9 Å². The molecule has 0 aliphatic carbocycles. The van der Waals surface area contributed by atoms with E-state index in [1.54, 1.807) is 0 Å². The summed E-state index contributed by atoms with van der Waals surface area (Å²) < 4.78 is 3.56. The van der Waals surface area contributed by atoms with Gasteiger partial charge >= 0.3 is 0 Å². The molecule has 0 N–H and O–H groups in total. The summed E-state index contributed by atoms with van der Waals surface area (Å²) >= 11 is 2.43. The van der Waals surface area contributed by atoms with E-state index in [4.69, 9.17) is 0 Å². The lowest BCUT2D eigenvalue weighted by atomic mass is 10.1. The Morgan fingerprint density at radius 3 is 2.69 bits per heavy atom. The molecule has 1 aromatic carbocycles. The van der Waals surface area contributed by atoms with Crippen LogP contribution in [0.5, 0.6) is 0 Å². The predicted octanol–water partition coefficient (Wildman–Crippen LogP) is 0.265. The van der Waals surface area contributed by atoms with Crippen molar-refractivity contribution in [3.63, 3.8) is 0 Å². The monoisotopic (exact) mass is 439 g/mol. The zero-order valence-corrected chi connectivity index (χ0v) is 13.6. The summed E-state index contributed by atoms with van der Waals surface area (Å²) in [5, 5.41) is 1.37. The summed E-state index contributed by atoms with van der Waals surface area (Å²) in [4.78, 5) is 0. The second-order valence-corrected chi connectivity index (χ2v) is 4.83. The van der Waals surface area contributed by atoms with Crippen LogP contribution in [0.1, 0.15) is 12.0 Å². The van der Waals surface area contributed by atoms with E-state index in [-0.39, 0.29) is 24.0 Å². The Balaban J connectivity index is 0.00000128. The van der Waals surface area contributed by atoms with Gasteiger partial charge in [0, 0.05) is 28.4 Å². The van der Waals surface area contributed by atoms with E-state index in [1.807, 2.05) is 0 Å². The van der Waals surface area contributed by atoms with Gasteiger partial charge in [-0.3, -0.25) is 0 Å². The maximum atomic E-state index is 2.43. The molecule has 0 unspecified atom stereocenters. The average molecular weight is 439 g/mol. The summed E-state index contributed by atoms with van der Waals surface area (Å²) in [6, 6.07) is 10.8. The SMILES string of the molecule is Cc1cc[n+](CCCI)c2ccccc12.[I-]. The molecule has 1 heterocycles. The van der Waals surface area contributed by atoms with Gasteiger partial charge in [-0.25, -0.2) is 0 Å². The molecule has 0 saturated heterocycles. The van der Waals surface area contributed by atoms with E-state index in [1.165, 1.54) is 27.3 Å². The minimum atomic E-state index is 0. The van der Waals surface area contributed by atoms with Crippen molar-refractivity contribution >= 4 is 33.5 Å². The lowest BCUT2D eigenvalue weighted by molar-refractivity contribution is -0.671. The third kappa shape index (κ3) is 3.06. The Morgan fingerprint density at radius 1 is 1.19 bits per heavy atom.